The summed E-state index contributed by atoms with van der Waals surface area (Å²) in [4.78, 5) is 24.7. The number of nitrogen functional groups attached to an aromatic ring is 1. The molecule has 3 heterocycles. The van der Waals surface area contributed by atoms with Gasteiger partial charge in [-0.25, -0.2) is 4.98 Å². The van der Waals surface area contributed by atoms with Crippen LogP contribution in [0.4, 0.5) is 11.8 Å². The molecule has 23 heavy (non-hydrogen) atoms. The summed E-state index contributed by atoms with van der Waals surface area (Å²) >= 11 is 0. The Morgan fingerprint density at radius 3 is 2.70 bits per heavy atom. The SMILES string of the molecule is CN1Cc2cc(-c3cc(N4CCCC4)nc(N)n3)ccc2C1=O. The Morgan fingerprint density at radius 2 is 1.91 bits per heavy atom. The molecule has 1 saturated heterocycles. The van der Waals surface area contributed by atoms with Crippen molar-refractivity contribution in [2.45, 2.75) is 19.4 Å². The van der Waals surface area contributed by atoms with Crippen LogP contribution in [0.2, 0.25) is 0 Å². The lowest BCUT2D eigenvalue weighted by molar-refractivity contribution is 0.0816. The molecule has 0 radical (unpaired) electrons. The Balaban J connectivity index is 1.73. The molecule has 2 N–H and O–H groups in total. The molecule has 0 saturated carbocycles. The molecule has 6 heteroatoms. The van der Waals surface area contributed by atoms with Gasteiger partial charge < -0.3 is 15.5 Å². The summed E-state index contributed by atoms with van der Waals surface area (Å²) in [5.74, 6) is 1.25. The number of hydrogen-bond donors (Lipinski definition) is 1. The minimum Gasteiger partial charge on any atom is -0.368 e. The van der Waals surface area contributed by atoms with Gasteiger partial charge in [0.25, 0.3) is 5.91 Å². The number of carbonyl (C=O) groups excluding carboxylic acids is 1. The molecule has 2 aromatic rings. The Morgan fingerprint density at radius 1 is 1.13 bits per heavy atom. The molecule has 0 aliphatic carbocycles. The number of aromatic nitrogens is 2. The van der Waals surface area contributed by atoms with Gasteiger partial charge in [-0.3, -0.25) is 4.79 Å². The highest BCUT2D eigenvalue weighted by Crippen LogP contribution is 2.29. The number of benzene rings is 1. The topological polar surface area (TPSA) is 75.3 Å². The van der Waals surface area contributed by atoms with E-state index in [2.05, 4.69) is 14.9 Å². The average Bonchev–Trinajstić information content (AvgIpc) is 3.16. The fourth-order valence-corrected chi connectivity index (χ4v) is 3.33. The van der Waals surface area contributed by atoms with Crippen molar-refractivity contribution in [2.75, 3.05) is 30.8 Å². The predicted octanol–water partition coefficient (Wildman–Crippen LogP) is 1.91. The zero-order valence-corrected chi connectivity index (χ0v) is 13.1. The van der Waals surface area contributed by atoms with Gasteiger partial charge in [-0.15, -0.1) is 0 Å². The summed E-state index contributed by atoms with van der Waals surface area (Å²) in [6.45, 7) is 2.67. The molecule has 0 spiro atoms. The lowest BCUT2D eigenvalue weighted by Gasteiger charge is -2.17. The van der Waals surface area contributed by atoms with Crippen LogP contribution in [0.1, 0.15) is 28.8 Å². The van der Waals surface area contributed by atoms with E-state index >= 15 is 0 Å². The van der Waals surface area contributed by atoms with E-state index in [1.54, 1.807) is 4.90 Å². The fraction of sp³-hybridized carbons (Fsp3) is 0.353. The van der Waals surface area contributed by atoms with E-state index in [1.807, 2.05) is 31.3 Å². The summed E-state index contributed by atoms with van der Waals surface area (Å²) in [5.41, 5.74) is 9.51. The van der Waals surface area contributed by atoms with E-state index in [1.165, 1.54) is 12.8 Å². The molecule has 0 atom stereocenters. The summed E-state index contributed by atoms with van der Waals surface area (Å²) in [6, 6.07) is 7.84. The van der Waals surface area contributed by atoms with Crippen molar-refractivity contribution in [1.29, 1.82) is 0 Å². The predicted molar refractivity (Wildman–Crippen MR) is 89.1 cm³/mol. The summed E-state index contributed by atoms with van der Waals surface area (Å²) in [7, 11) is 1.82. The summed E-state index contributed by atoms with van der Waals surface area (Å²) < 4.78 is 0. The Labute approximate surface area is 134 Å². The number of nitrogens with two attached hydrogens (primary N) is 1. The van der Waals surface area contributed by atoms with Crippen molar-refractivity contribution in [1.82, 2.24) is 14.9 Å². The van der Waals surface area contributed by atoms with E-state index < -0.39 is 0 Å². The van der Waals surface area contributed by atoms with Gasteiger partial charge in [-0.05, 0) is 30.5 Å². The largest absolute Gasteiger partial charge is 0.368 e. The Kier molecular flexibility index (Phi) is 3.18. The van der Waals surface area contributed by atoms with Gasteiger partial charge >= 0.3 is 0 Å². The number of amides is 1. The molecule has 1 aromatic heterocycles. The number of hydrogen-bond acceptors (Lipinski definition) is 5. The van der Waals surface area contributed by atoms with Crippen LogP contribution in [-0.2, 0) is 6.54 Å². The van der Waals surface area contributed by atoms with Crippen molar-refractivity contribution < 1.29 is 4.79 Å². The summed E-state index contributed by atoms with van der Waals surface area (Å²) in [5, 5.41) is 0. The monoisotopic (exact) mass is 309 g/mol. The second kappa shape index (κ2) is 5.22. The third-order valence-electron chi connectivity index (χ3n) is 4.55. The van der Waals surface area contributed by atoms with Gasteiger partial charge in [0.15, 0.2) is 0 Å². The molecule has 4 rings (SSSR count). The molecule has 1 aromatic carbocycles. The normalized spacial score (nSPS) is 17.0. The summed E-state index contributed by atoms with van der Waals surface area (Å²) in [6.07, 6.45) is 2.37. The third-order valence-corrected chi connectivity index (χ3v) is 4.55. The van der Waals surface area contributed by atoms with E-state index in [0.29, 0.717) is 6.54 Å². The molecule has 1 amide bonds. The van der Waals surface area contributed by atoms with Crippen LogP contribution < -0.4 is 10.6 Å². The van der Waals surface area contributed by atoms with E-state index in [9.17, 15) is 4.79 Å². The molecule has 0 unspecified atom stereocenters. The first-order chi connectivity index (χ1) is 11.1. The zero-order valence-electron chi connectivity index (χ0n) is 13.1. The van der Waals surface area contributed by atoms with Gasteiger partial charge in [0.1, 0.15) is 5.82 Å². The van der Waals surface area contributed by atoms with Gasteiger partial charge in [-0.1, -0.05) is 6.07 Å². The lowest BCUT2D eigenvalue weighted by Crippen LogP contribution is -2.19. The minimum atomic E-state index is 0.0755. The molecule has 0 bridgehead atoms. The molecule has 2 aliphatic rings. The third kappa shape index (κ3) is 2.40. The van der Waals surface area contributed by atoms with Crippen LogP contribution in [0, 0.1) is 0 Å². The Hall–Kier alpha value is -2.63. The number of anilines is 2. The molecular formula is C17H19N5O. The average molecular weight is 309 g/mol. The van der Waals surface area contributed by atoms with Crippen molar-refractivity contribution in [3.63, 3.8) is 0 Å². The number of fused-ring (bicyclic) bond motifs is 1. The van der Waals surface area contributed by atoms with Crippen LogP contribution in [-0.4, -0.2) is 40.9 Å². The first-order valence-corrected chi connectivity index (χ1v) is 7.90. The van der Waals surface area contributed by atoms with E-state index in [-0.39, 0.29) is 11.9 Å². The Bertz CT molecular complexity index is 783. The van der Waals surface area contributed by atoms with Crippen molar-refractivity contribution in [2.24, 2.45) is 0 Å². The highest BCUT2D eigenvalue weighted by Gasteiger charge is 2.24. The van der Waals surface area contributed by atoms with Crippen LogP contribution in [0.3, 0.4) is 0 Å². The van der Waals surface area contributed by atoms with Crippen LogP contribution >= 0.6 is 0 Å². The smallest absolute Gasteiger partial charge is 0.254 e. The van der Waals surface area contributed by atoms with E-state index in [0.717, 1.165) is 41.3 Å². The molecule has 6 nitrogen and oxygen atoms in total. The zero-order chi connectivity index (χ0) is 16.0. The van der Waals surface area contributed by atoms with Crippen molar-refractivity contribution in [3.8, 4) is 11.3 Å². The molecule has 1 fully saturated rings. The number of rotatable bonds is 2. The van der Waals surface area contributed by atoms with Crippen LogP contribution in [0.15, 0.2) is 24.3 Å². The lowest BCUT2D eigenvalue weighted by atomic mass is 10.0. The molecule has 118 valence electrons. The van der Waals surface area contributed by atoms with Gasteiger partial charge in [0, 0.05) is 43.9 Å². The first-order valence-electron chi connectivity index (χ1n) is 7.90. The maximum absolute atomic E-state index is 12.0. The van der Waals surface area contributed by atoms with Crippen LogP contribution in [0.25, 0.3) is 11.3 Å². The van der Waals surface area contributed by atoms with Crippen LogP contribution in [0.5, 0.6) is 0 Å². The first kappa shape index (κ1) is 14.0. The van der Waals surface area contributed by atoms with Crippen molar-refractivity contribution >= 4 is 17.7 Å². The quantitative estimate of drug-likeness (QED) is 0.917. The standard InChI is InChI=1S/C17H19N5O/c1-21-10-12-8-11(4-5-13(12)16(21)23)14-9-15(20-17(18)19-14)22-6-2-3-7-22/h4-5,8-9H,2-3,6-7,10H2,1H3,(H2,18,19,20). The second-order valence-electron chi connectivity index (χ2n) is 6.20. The van der Waals surface area contributed by atoms with Gasteiger partial charge in [0.2, 0.25) is 5.95 Å². The maximum atomic E-state index is 12.0. The van der Waals surface area contributed by atoms with Gasteiger partial charge in [0.05, 0.1) is 5.69 Å². The minimum absolute atomic E-state index is 0.0755. The van der Waals surface area contributed by atoms with Crippen molar-refractivity contribution in [3.05, 3.63) is 35.4 Å². The highest BCUT2D eigenvalue weighted by molar-refractivity contribution is 5.98. The van der Waals surface area contributed by atoms with E-state index in [4.69, 9.17) is 5.73 Å². The number of carbonyl (C=O) groups is 1. The van der Waals surface area contributed by atoms with Gasteiger partial charge in [-0.2, -0.15) is 4.98 Å². The number of nitrogens with zero attached hydrogens (tertiary/aromatic N) is 4. The fourth-order valence-electron chi connectivity index (χ4n) is 3.33. The molecular weight excluding hydrogens is 290 g/mol. The second-order valence-corrected chi connectivity index (χ2v) is 6.20. The maximum Gasteiger partial charge on any atom is 0.254 e. The highest BCUT2D eigenvalue weighted by atomic mass is 16.2. The molecule has 2 aliphatic heterocycles.